The van der Waals surface area contributed by atoms with E-state index in [4.69, 9.17) is 15.2 Å². The van der Waals surface area contributed by atoms with Crippen LogP contribution in [0, 0.1) is 5.82 Å². The molecule has 142 valence electrons. The Labute approximate surface area is 157 Å². The maximum atomic E-state index is 14.2. The van der Waals surface area contributed by atoms with Crippen molar-refractivity contribution in [2.45, 2.75) is 44.7 Å². The molecule has 5 nitrogen and oxygen atoms in total. The molecule has 27 heavy (non-hydrogen) atoms. The number of amides is 1. The van der Waals surface area contributed by atoms with Crippen LogP contribution in [0.4, 0.5) is 4.39 Å². The molecule has 1 fully saturated rings. The first-order chi connectivity index (χ1) is 13.1. The van der Waals surface area contributed by atoms with Crippen molar-refractivity contribution in [1.82, 2.24) is 4.90 Å². The summed E-state index contributed by atoms with van der Waals surface area (Å²) >= 11 is 0. The van der Waals surface area contributed by atoms with Crippen molar-refractivity contribution in [1.29, 1.82) is 0 Å². The molecular weight excluding hydrogens is 347 g/mol. The van der Waals surface area contributed by atoms with Gasteiger partial charge in [0.05, 0.1) is 12.6 Å². The van der Waals surface area contributed by atoms with E-state index >= 15 is 0 Å². The molecule has 0 radical (unpaired) electrons. The van der Waals surface area contributed by atoms with Gasteiger partial charge in [0.2, 0.25) is 12.2 Å². The Morgan fingerprint density at radius 3 is 2.81 bits per heavy atom. The van der Waals surface area contributed by atoms with Gasteiger partial charge in [-0.1, -0.05) is 36.8 Å². The molecule has 1 saturated heterocycles. The van der Waals surface area contributed by atoms with Crippen molar-refractivity contribution in [2.75, 3.05) is 6.54 Å². The van der Waals surface area contributed by atoms with Crippen LogP contribution in [0.5, 0.6) is 5.75 Å². The minimum atomic E-state index is -0.531. The van der Waals surface area contributed by atoms with Gasteiger partial charge in [-0.15, -0.1) is 0 Å². The molecule has 0 bridgehead atoms. The van der Waals surface area contributed by atoms with Crippen LogP contribution in [-0.2, 0) is 22.7 Å². The number of primary amides is 1. The summed E-state index contributed by atoms with van der Waals surface area (Å²) in [5.74, 6) is -0.0153. The number of benzene rings is 2. The molecule has 0 spiro atoms. The molecule has 2 heterocycles. The maximum absolute atomic E-state index is 14.2. The lowest BCUT2D eigenvalue weighted by molar-refractivity contribution is -0.125. The van der Waals surface area contributed by atoms with Crippen LogP contribution in [-0.4, -0.2) is 23.4 Å². The standard InChI is InChI=1S/C21H23FN2O3/c22-17-10-15(12-24-9-5-4-8-18(24)20(23)25)19-16(11-17)13-26-21(27-19)14-6-2-1-3-7-14/h1-3,6-7,10-11,18,21H,4-5,8-9,12-13H2,(H2,23,25)/t18-,21+/m1/s1. The van der Waals surface area contributed by atoms with Gasteiger partial charge in [0, 0.05) is 23.2 Å². The lowest BCUT2D eigenvalue weighted by Crippen LogP contribution is -2.47. The predicted octanol–water partition coefficient (Wildman–Crippen LogP) is 3.27. The zero-order valence-corrected chi connectivity index (χ0v) is 15.1. The number of halogens is 1. The van der Waals surface area contributed by atoms with Gasteiger partial charge in [0.1, 0.15) is 11.6 Å². The minimum absolute atomic E-state index is 0.277. The summed E-state index contributed by atoms with van der Waals surface area (Å²) in [4.78, 5) is 13.8. The highest BCUT2D eigenvalue weighted by molar-refractivity contribution is 5.79. The molecule has 2 atom stereocenters. The highest BCUT2D eigenvalue weighted by atomic mass is 19.1. The highest BCUT2D eigenvalue weighted by Gasteiger charge is 2.30. The molecule has 2 aliphatic rings. The van der Waals surface area contributed by atoms with Crippen molar-refractivity contribution >= 4 is 5.91 Å². The number of carbonyl (C=O) groups is 1. The molecule has 0 unspecified atom stereocenters. The van der Waals surface area contributed by atoms with Crippen LogP contribution < -0.4 is 10.5 Å². The molecule has 2 aromatic rings. The Morgan fingerprint density at radius 2 is 2.04 bits per heavy atom. The molecule has 1 amide bonds. The number of carbonyl (C=O) groups excluding carboxylic acids is 1. The summed E-state index contributed by atoms with van der Waals surface area (Å²) in [5, 5.41) is 0. The molecule has 0 saturated carbocycles. The van der Waals surface area contributed by atoms with Crippen LogP contribution in [0.25, 0.3) is 0 Å². The summed E-state index contributed by atoms with van der Waals surface area (Å²) in [6.07, 6.45) is 2.18. The molecule has 6 heteroatoms. The van der Waals surface area contributed by atoms with Gasteiger partial charge in [0.25, 0.3) is 0 Å². The number of likely N-dealkylation sites (tertiary alicyclic amines) is 1. The fourth-order valence-corrected chi connectivity index (χ4v) is 3.89. The van der Waals surface area contributed by atoms with Crippen LogP contribution in [0.2, 0.25) is 0 Å². The van der Waals surface area contributed by atoms with E-state index in [9.17, 15) is 9.18 Å². The molecule has 0 aromatic heterocycles. The average molecular weight is 370 g/mol. The number of hydrogen-bond acceptors (Lipinski definition) is 4. The Hall–Kier alpha value is -2.44. The molecule has 2 aromatic carbocycles. The Kier molecular flexibility index (Phi) is 5.09. The smallest absolute Gasteiger partial charge is 0.234 e. The van der Waals surface area contributed by atoms with Gasteiger partial charge in [-0.3, -0.25) is 9.69 Å². The van der Waals surface area contributed by atoms with E-state index in [1.54, 1.807) is 0 Å². The third-order valence-corrected chi connectivity index (χ3v) is 5.21. The van der Waals surface area contributed by atoms with Crippen molar-refractivity contribution in [2.24, 2.45) is 5.73 Å². The zero-order chi connectivity index (χ0) is 18.8. The van der Waals surface area contributed by atoms with Crippen molar-refractivity contribution in [3.05, 3.63) is 65.0 Å². The van der Waals surface area contributed by atoms with Crippen LogP contribution >= 0.6 is 0 Å². The second-order valence-corrected chi connectivity index (χ2v) is 7.11. The van der Waals surface area contributed by atoms with Crippen molar-refractivity contribution in [3.63, 3.8) is 0 Å². The lowest BCUT2D eigenvalue weighted by Gasteiger charge is -2.35. The van der Waals surface area contributed by atoms with E-state index < -0.39 is 6.29 Å². The SMILES string of the molecule is NC(=O)[C@H]1CCCCN1Cc1cc(F)cc2c1O[C@@H](c1ccccc1)OC2. The molecule has 2 aliphatic heterocycles. The molecule has 0 aliphatic carbocycles. The first kappa shape index (κ1) is 17.9. The summed E-state index contributed by atoms with van der Waals surface area (Å²) < 4.78 is 26.0. The summed E-state index contributed by atoms with van der Waals surface area (Å²) in [6.45, 7) is 1.46. The fourth-order valence-electron chi connectivity index (χ4n) is 3.89. The largest absolute Gasteiger partial charge is 0.460 e. The molecular formula is C21H23FN2O3. The Balaban J connectivity index is 1.62. The minimum Gasteiger partial charge on any atom is -0.460 e. The van der Waals surface area contributed by atoms with Crippen molar-refractivity contribution in [3.8, 4) is 5.75 Å². The van der Waals surface area contributed by atoms with E-state index in [0.29, 0.717) is 17.9 Å². The van der Waals surface area contributed by atoms with Crippen LogP contribution in [0.1, 0.15) is 42.2 Å². The van der Waals surface area contributed by atoms with Gasteiger partial charge in [0.15, 0.2) is 0 Å². The van der Waals surface area contributed by atoms with Gasteiger partial charge in [-0.05, 0) is 31.5 Å². The van der Waals surface area contributed by atoms with E-state index in [1.807, 2.05) is 35.2 Å². The number of nitrogens with two attached hydrogens (primary N) is 1. The lowest BCUT2D eigenvalue weighted by atomic mass is 9.99. The first-order valence-corrected chi connectivity index (χ1v) is 9.29. The number of rotatable bonds is 4. The highest BCUT2D eigenvalue weighted by Crippen LogP contribution is 2.37. The van der Waals surface area contributed by atoms with Gasteiger partial charge < -0.3 is 15.2 Å². The maximum Gasteiger partial charge on any atom is 0.234 e. The van der Waals surface area contributed by atoms with Gasteiger partial charge in [-0.25, -0.2) is 4.39 Å². The third kappa shape index (κ3) is 3.82. The number of fused-ring (bicyclic) bond motifs is 1. The quantitative estimate of drug-likeness (QED) is 0.897. The first-order valence-electron chi connectivity index (χ1n) is 9.29. The second kappa shape index (κ2) is 7.66. The van der Waals surface area contributed by atoms with Gasteiger partial charge >= 0.3 is 0 Å². The average Bonchev–Trinajstić information content (AvgIpc) is 2.68. The van der Waals surface area contributed by atoms with Crippen LogP contribution in [0.3, 0.4) is 0 Å². The third-order valence-electron chi connectivity index (χ3n) is 5.21. The summed E-state index contributed by atoms with van der Waals surface area (Å²) in [5.41, 5.74) is 7.89. The summed E-state index contributed by atoms with van der Waals surface area (Å²) in [6, 6.07) is 12.3. The predicted molar refractivity (Wildman–Crippen MR) is 98.2 cm³/mol. The van der Waals surface area contributed by atoms with E-state index in [1.165, 1.54) is 12.1 Å². The number of piperidine rings is 1. The van der Waals surface area contributed by atoms with Crippen molar-refractivity contribution < 1.29 is 18.7 Å². The normalized spacial score (nSPS) is 22.7. The zero-order valence-electron chi connectivity index (χ0n) is 15.1. The Morgan fingerprint density at radius 1 is 1.22 bits per heavy atom. The van der Waals surface area contributed by atoms with Gasteiger partial charge in [-0.2, -0.15) is 0 Å². The van der Waals surface area contributed by atoms with E-state index in [0.717, 1.165) is 36.9 Å². The van der Waals surface area contributed by atoms with E-state index in [2.05, 4.69) is 0 Å². The van der Waals surface area contributed by atoms with Crippen LogP contribution in [0.15, 0.2) is 42.5 Å². The molecule has 4 rings (SSSR count). The summed E-state index contributed by atoms with van der Waals surface area (Å²) in [7, 11) is 0. The number of ether oxygens (including phenoxy) is 2. The molecule has 2 N–H and O–H groups in total. The Bertz CT molecular complexity index is 828. The van der Waals surface area contributed by atoms with E-state index in [-0.39, 0.29) is 24.4 Å². The monoisotopic (exact) mass is 370 g/mol. The number of hydrogen-bond donors (Lipinski definition) is 1. The number of nitrogens with zero attached hydrogens (tertiary/aromatic N) is 1. The fraction of sp³-hybridized carbons (Fsp3) is 0.381. The topological polar surface area (TPSA) is 64.8 Å². The second-order valence-electron chi connectivity index (χ2n) is 7.11.